The summed E-state index contributed by atoms with van der Waals surface area (Å²) < 4.78 is 56.6. The molecule has 0 radical (unpaired) electrons. The summed E-state index contributed by atoms with van der Waals surface area (Å²) in [4.78, 5) is 0. The minimum absolute atomic E-state index is 0. The zero-order chi connectivity index (χ0) is 16.5. The van der Waals surface area contributed by atoms with Gasteiger partial charge in [0.15, 0.2) is 0 Å². The number of halogens is 5. The Kier molecular flexibility index (Phi) is 5.60. The second kappa shape index (κ2) is 6.87. The number of alkyl halides is 3. The van der Waals surface area contributed by atoms with Gasteiger partial charge in [-0.05, 0) is 48.9 Å². The van der Waals surface area contributed by atoms with Crippen LogP contribution in [-0.4, -0.2) is 5.84 Å². The van der Waals surface area contributed by atoms with E-state index in [9.17, 15) is 17.6 Å². The van der Waals surface area contributed by atoms with Crippen molar-refractivity contribution in [1.29, 1.82) is 5.41 Å². The minimum Gasteiger partial charge on any atom is -0.456 e. The zero-order valence-electron chi connectivity index (χ0n) is 11.9. The van der Waals surface area contributed by atoms with Crippen LogP contribution in [0.5, 0.6) is 11.5 Å². The Balaban J connectivity index is 0.00000264. The fourth-order valence-electron chi connectivity index (χ4n) is 1.85. The molecular formula is C15H13ClF4N2O. The van der Waals surface area contributed by atoms with Crippen LogP contribution in [0.4, 0.5) is 17.6 Å². The quantitative estimate of drug-likeness (QED) is 0.482. The van der Waals surface area contributed by atoms with E-state index in [1.165, 1.54) is 18.2 Å². The molecule has 0 saturated heterocycles. The van der Waals surface area contributed by atoms with Gasteiger partial charge in [-0.3, -0.25) is 5.41 Å². The number of hydrogen-bond acceptors (Lipinski definition) is 2. The van der Waals surface area contributed by atoms with Crippen LogP contribution in [0.1, 0.15) is 16.7 Å². The third-order valence-corrected chi connectivity index (χ3v) is 2.95. The van der Waals surface area contributed by atoms with E-state index < -0.39 is 23.4 Å². The lowest BCUT2D eigenvalue weighted by Gasteiger charge is -2.14. The molecule has 124 valence electrons. The minimum atomic E-state index is -4.55. The highest BCUT2D eigenvalue weighted by Crippen LogP contribution is 2.34. The van der Waals surface area contributed by atoms with Gasteiger partial charge in [-0.2, -0.15) is 13.2 Å². The van der Waals surface area contributed by atoms with Crippen LogP contribution in [0, 0.1) is 18.2 Å². The van der Waals surface area contributed by atoms with Crippen molar-refractivity contribution in [3.05, 3.63) is 58.9 Å². The van der Waals surface area contributed by atoms with E-state index in [1.54, 1.807) is 6.92 Å². The lowest BCUT2D eigenvalue weighted by atomic mass is 10.1. The highest BCUT2D eigenvalue weighted by atomic mass is 35.5. The molecule has 23 heavy (non-hydrogen) atoms. The van der Waals surface area contributed by atoms with Gasteiger partial charge in [-0.25, -0.2) is 4.39 Å². The van der Waals surface area contributed by atoms with Gasteiger partial charge in [-0.1, -0.05) is 0 Å². The summed E-state index contributed by atoms with van der Waals surface area (Å²) in [6, 6.07) is 6.42. The van der Waals surface area contributed by atoms with Crippen LogP contribution in [0.15, 0.2) is 36.4 Å². The summed E-state index contributed by atoms with van der Waals surface area (Å²) in [6.45, 7) is 1.59. The van der Waals surface area contributed by atoms with Crippen molar-refractivity contribution in [2.24, 2.45) is 5.73 Å². The summed E-state index contributed by atoms with van der Waals surface area (Å²) in [6.07, 6.45) is -4.55. The zero-order valence-corrected chi connectivity index (χ0v) is 12.7. The standard InChI is InChI=1S/C15H12F4N2O.ClH/c1-8-6-10(16)3-5-12(8)22-13-4-2-9(15(17,18)19)7-11(13)14(20)21;/h2-7H,1H3,(H3,20,21);1H. The molecule has 0 fully saturated rings. The molecule has 3 nitrogen and oxygen atoms in total. The number of nitrogens with one attached hydrogen (secondary N) is 1. The number of rotatable bonds is 3. The molecule has 0 heterocycles. The predicted octanol–water partition coefficient (Wildman–Crippen LogP) is 4.65. The van der Waals surface area contributed by atoms with Crippen LogP contribution in [0.25, 0.3) is 0 Å². The van der Waals surface area contributed by atoms with Crippen LogP contribution >= 0.6 is 12.4 Å². The van der Waals surface area contributed by atoms with E-state index in [0.29, 0.717) is 5.56 Å². The second-order valence-electron chi connectivity index (χ2n) is 4.63. The van der Waals surface area contributed by atoms with E-state index in [0.717, 1.165) is 18.2 Å². The number of nitrogen functional groups attached to an aromatic ring is 1. The molecule has 0 unspecified atom stereocenters. The maximum atomic E-state index is 13.0. The Hall–Kier alpha value is -2.28. The molecular weight excluding hydrogens is 336 g/mol. The number of amidine groups is 1. The summed E-state index contributed by atoms with van der Waals surface area (Å²) >= 11 is 0. The highest BCUT2D eigenvalue weighted by Gasteiger charge is 2.31. The van der Waals surface area contributed by atoms with Crippen LogP contribution < -0.4 is 10.5 Å². The van der Waals surface area contributed by atoms with Gasteiger partial charge in [0.1, 0.15) is 23.2 Å². The van der Waals surface area contributed by atoms with Crippen molar-refractivity contribution in [3.63, 3.8) is 0 Å². The molecule has 8 heteroatoms. The third-order valence-electron chi connectivity index (χ3n) is 2.95. The van der Waals surface area contributed by atoms with Gasteiger partial charge in [0, 0.05) is 0 Å². The monoisotopic (exact) mass is 348 g/mol. The summed E-state index contributed by atoms with van der Waals surface area (Å²) in [5.41, 5.74) is 4.67. The molecule has 2 aromatic rings. The molecule has 2 rings (SSSR count). The number of aryl methyl sites for hydroxylation is 1. The maximum absolute atomic E-state index is 13.0. The van der Waals surface area contributed by atoms with Crippen molar-refractivity contribution in [2.75, 3.05) is 0 Å². The van der Waals surface area contributed by atoms with Crippen LogP contribution in [-0.2, 0) is 6.18 Å². The number of ether oxygens (including phenoxy) is 1. The van der Waals surface area contributed by atoms with Crippen molar-refractivity contribution in [2.45, 2.75) is 13.1 Å². The van der Waals surface area contributed by atoms with Gasteiger partial charge in [0.2, 0.25) is 0 Å². The molecule has 0 saturated carbocycles. The smallest absolute Gasteiger partial charge is 0.416 e. The first-order valence-corrected chi connectivity index (χ1v) is 6.18. The highest BCUT2D eigenvalue weighted by molar-refractivity contribution is 5.98. The Morgan fingerprint density at radius 2 is 1.70 bits per heavy atom. The van der Waals surface area contributed by atoms with E-state index in [-0.39, 0.29) is 29.5 Å². The molecule has 0 aliphatic carbocycles. The summed E-state index contributed by atoms with van der Waals surface area (Å²) in [7, 11) is 0. The van der Waals surface area contributed by atoms with Gasteiger partial charge in [0.05, 0.1) is 11.1 Å². The van der Waals surface area contributed by atoms with Crippen molar-refractivity contribution < 1.29 is 22.3 Å². The number of hydrogen-bond donors (Lipinski definition) is 2. The molecule has 0 atom stereocenters. The summed E-state index contributed by atoms with van der Waals surface area (Å²) in [5.74, 6) is -0.746. The van der Waals surface area contributed by atoms with Gasteiger partial charge < -0.3 is 10.5 Å². The lowest BCUT2D eigenvalue weighted by molar-refractivity contribution is -0.137. The fourth-order valence-corrected chi connectivity index (χ4v) is 1.85. The molecule has 0 aliphatic rings. The molecule has 3 N–H and O–H groups in total. The molecule has 0 bridgehead atoms. The first-order chi connectivity index (χ1) is 10.2. The molecule has 0 aromatic heterocycles. The van der Waals surface area contributed by atoms with Crippen molar-refractivity contribution in [3.8, 4) is 11.5 Å². The SMILES string of the molecule is Cc1cc(F)ccc1Oc1ccc(C(F)(F)F)cc1C(=N)N.Cl. The normalized spacial score (nSPS) is 10.8. The van der Waals surface area contributed by atoms with E-state index in [4.69, 9.17) is 15.9 Å². The fraction of sp³-hybridized carbons (Fsp3) is 0.133. The molecule has 0 amide bonds. The topological polar surface area (TPSA) is 59.1 Å². The Labute approximate surface area is 136 Å². The van der Waals surface area contributed by atoms with Crippen LogP contribution in [0.3, 0.4) is 0 Å². The summed E-state index contributed by atoms with van der Waals surface area (Å²) in [5, 5.41) is 7.40. The van der Waals surface area contributed by atoms with E-state index in [1.807, 2.05) is 0 Å². The number of nitrogens with two attached hydrogens (primary N) is 1. The molecule has 2 aromatic carbocycles. The first kappa shape index (κ1) is 18.8. The Bertz CT molecular complexity index is 732. The maximum Gasteiger partial charge on any atom is 0.416 e. The molecule has 0 spiro atoms. The third kappa shape index (κ3) is 4.35. The largest absolute Gasteiger partial charge is 0.456 e. The van der Waals surface area contributed by atoms with Crippen molar-refractivity contribution in [1.82, 2.24) is 0 Å². The van der Waals surface area contributed by atoms with Gasteiger partial charge >= 0.3 is 6.18 Å². The second-order valence-corrected chi connectivity index (χ2v) is 4.63. The van der Waals surface area contributed by atoms with E-state index >= 15 is 0 Å². The van der Waals surface area contributed by atoms with Gasteiger partial charge in [0.25, 0.3) is 0 Å². The Morgan fingerprint density at radius 1 is 1.09 bits per heavy atom. The average molecular weight is 349 g/mol. The predicted molar refractivity (Wildman–Crippen MR) is 80.9 cm³/mol. The average Bonchev–Trinajstić information content (AvgIpc) is 2.40. The number of benzene rings is 2. The Morgan fingerprint density at radius 3 is 2.22 bits per heavy atom. The van der Waals surface area contributed by atoms with Gasteiger partial charge in [-0.15, -0.1) is 12.4 Å². The first-order valence-electron chi connectivity index (χ1n) is 6.18. The van der Waals surface area contributed by atoms with E-state index in [2.05, 4.69) is 0 Å². The van der Waals surface area contributed by atoms with Crippen LogP contribution in [0.2, 0.25) is 0 Å². The van der Waals surface area contributed by atoms with Crippen molar-refractivity contribution >= 4 is 18.2 Å². The lowest BCUT2D eigenvalue weighted by Crippen LogP contribution is -2.15. The molecule has 0 aliphatic heterocycles.